The molecule has 126 valence electrons. The second-order valence-corrected chi connectivity index (χ2v) is 5.72. The molecule has 0 aliphatic heterocycles. The highest BCUT2D eigenvalue weighted by atomic mass is 16.4. The fourth-order valence-corrected chi connectivity index (χ4v) is 2.05. The fourth-order valence-electron chi connectivity index (χ4n) is 2.05. The van der Waals surface area contributed by atoms with E-state index in [1.54, 1.807) is 11.8 Å². The van der Waals surface area contributed by atoms with E-state index in [4.69, 9.17) is 5.11 Å². The highest BCUT2D eigenvalue weighted by Gasteiger charge is 2.32. The zero-order chi connectivity index (χ0) is 17.5. The van der Waals surface area contributed by atoms with Gasteiger partial charge in [0.2, 0.25) is 11.8 Å². The molecule has 1 atom stereocenters. The van der Waals surface area contributed by atoms with Gasteiger partial charge in [0.25, 0.3) is 0 Å². The maximum Gasteiger partial charge on any atom is 0.329 e. The van der Waals surface area contributed by atoms with Gasteiger partial charge in [0.15, 0.2) is 0 Å². The van der Waals surface area contributed by atoms with Crippen LogP contribution in [0.4, 0.5) is 0 Å². The van der Waals surface area contributed by atoms with E-state index in [2.05, 4.69) is 5.32 Å². The van der Waals surface area contributed by atoms with E-state index in [0.29, 0.717) is 6.54 Å². The van der Waals surface area contributed by atoms with Crippen LogP contribution >= 0.6 is 0 Å². The number of nitrogens with zero attached hydrogens (tertiary/aromatic N) is 1. The summed E-state index contributed by atoms with van der Waals surface area (Å²) in [6, 6.07) is 9.50. The first-order valence-corrected chi connectivity index (χ1v) is 7.62. The van der Waals surface area contributed by atoms with Crippen molar-refractivity contribution in [1.29, 1.82) is 0 Å². The summed E-state index contributed by atoms with van der Waals surface area (Å²) in [4.78, 5) is 36.5. The van der Waals surface area contributed by atoms with Crippen molar-refractivity contribution in [2.24, 2.45) is 0 Å². The molecule has 2 N–H and O–H groups in total. The van der Waals surface area contributed by atoms with Gasteiger partial charge in [-0.3, -0.25) is 9.59 Å². The third-order valence-electron chi connectivity index (χ3n) is 3.86. The number of amides is 2. The van der Waals surface area contributed by atoms with Crippen molar-refractivity contribution in [2.45, 2.75) is 45.7 Å². The lowest BCUT2D eigenvalue weighted by molar-refractivity contribution is -0.147. The lowest BCUT2D eigenvalue weighted by Gasteiger charge is -2.26. The number of benzene rings is 1. The predicted molar refractivity (Wildman–Crippen MR) is 86.6 cm³/mol. The van der Waals surface area contributed by atoms with E-state index in [1.165, 1.54) is 13.8 Å². The molecular weight excluding hydrogens is 296 g/mol. The molecule has 0 heterocycles. The van der Waals surface area contributed by atoms with Gasteiger partial charge in [-0.05, 0) is 18.9 Å². The minimum Gasteiger partial charge on any atom is -0.480 e. The Hall–Kier alpha value is -2.37. The average molecular weight is 320 g/mol. The highest BCUT2D eigenvalue weighted by molar-refractivity contribution is 5.86. The summed E-state index contributed by atoms with van der Waals surface area (Å²) in [6.07, 6.45) is 0.351. The number of aliphatic carboxylic acids is 1. The fraction of sp³-hybridized carbons (Fsp3) is 0.471. The van der Waals surface area contributed by atoms with Crippen LogP contribution in [0.5, 0.6) is 0 Å². The number of carbonyl (C=O) groups excluding carboxylic acids is 2. The molecule has 0 bridgehead atoms. The molecule has 0 saturated heterocycles. The molecule has 0 saturated carbocycles. The summed E-state index contributed by atoms with van der Waals surface area (Å²) in [5.41, 5.74) is -0.301. The van der Waals surface area contributed by atoms with E-state index in [0.717, 1.165) is 5.56 Å². The van der Waals surface area contributed by atoms with Crippen LogP contribution in [0, 0.1) is 0 Å². The van der Waals surface area contributed by atoms with Crippen molar-refractivity contribution in [3.8, 4) is 0 Å². The molecule has 1 unspecified atom stereocenters. The van der Waals surface area contributed by atoms with Gasteiger partial charge in [-0.15, -0.1) is 0 Å². The first kappa shape index (κ1) is 18.7. The van der Waals surface area contributed by atoms with Crippen molar-refractivity contribution < 1.29 is 19.5 Å². The Bertz CT molecular complexity index is 559. The second kappa shape index (κ2) is 8.31. The first-order chi connectivity index (χ1) is 10.8. The Morgan fingerprint density at radius 2 is 1.83 bits per heavy atom. The summed E-state index contributed by atoms with van der Waals surface area (Å²) in [5.74, 6) is -1.57. The molecule has 0 fully saturated rings. The van der Waals surface area contributed by atoms with Gasteiger partial charge in [0, 0.05) is 26.4 Å². The number of nitrogens with one attached hydrogen (secondary N) is 1. The van der Waals surface area contributed by atoms with Crippen molar-refractivity contribution in [1.82, 2.24) is 10.2 Å². The van der Waals surface area contributed by atoms with Gasteiger partial charge in [-0.25, -0.2) is 4.79 Å². The maximum atomic E-state index is 12.0. The smallest absolute Gasteiger partial charge is 0.329 e. The molecule has 23 heavy (non-hydrogen) atoms. The van der Waals surface area contributed by atoms with Crippen molar-refractivity contribution >= 4 is 17.8 Å². The van der Waals surface area contributed by atoms with Crippen LogP contribution < -0.4 is 5.32 Å². The summed E-state index contributed by atoms with van der Waals surface area (Å²) >= 11 is 0. The molecule has 0 radical (unpaired) electrons. The molecule has 1 aromatic rings. The maximum absolute atomic E-state index is 12.0. The van der Waals surface area contributed by atoms with Crippen LogP contribution in [0.3, 0.4) is 0 Å². The van der Waals surface area contributed by atoms with Crippen molar-refractivity contribution in [2.75, 3.05) is 6.54 Å². The monoisotopic (exact) mass is 320 g/mol. The summed E-state index contributed by atoms with van der Waals surface area (Å²) in [5, 5.41) is 11.7. The Labute approximate surface area is 136 Å². The molecule has 1 rings (SSSR count). The minimum atomic E-state index is -1.28. The molecule has 0 spiro atoms. The zero-order valence-corrected chi connectivity index (χ0v) is 13.8. The van der Waals surface area contributed by atoms with Crippen molar-refractivity contribution in [3.05, 3.63) is 35.9 Å². The van der Waals surface area contributed by atoms with Crippen LogP contribution in [-0.2, 0) is 20.9 Å². The standard InChI is InChI=1S/C17H24N2O4/c1-4-17(3,16(22)23)18-15(21)10-11-19(13(2)20)12-14-8-6-5-7-9-14/h5-9H,4,10-12H2,1-3H3,(H,18,21)(H,22,23). The first-order valence-electron chi connectivity index (χ1n) is 7.62. The largest absolute Gasteiger partial charge is 0.480 e. The van der Waals surface area contributed by atoms with E-state index in [-0.39, 0.29) is 31.2 Å². The summed E-state index contributed by atoms with van der Waals surface area (Å²) in [7, 11) is 0. The third kappa shape index (κ3) is 5.73. The molecule has 2 amide bonds. The quantitative estimate of drug-likeness (QED) is 0.764. The Balaban J connectivity index is 2.60. The number of hydrogen-bond acceptors (Lipinski definition) is 3. The number of rotatable bonds is 8. The second-order valence-electron chi connectivity index (χ2n) is 5.72. The Morgan fingerprint density at radius 1 is 1.22 bits per heavy atom. The van der Waals surface area contributed by atoms with E-state index in [1.807, 2.05) is 30.3 Å². The molecular formula is C17H24N2O4. The molecule has 6 nitrogen and oxygen atoms in total. The molecule has 1 aromatic carbocycles. The molecule has 0 aliphatic rings. The van der Waals surface area contributed by atoms with E-state index < -0.39 is 11.5 Å². The number of hydrogen-bond donors (Lipinski definition) is 2. The zero-order valence-electron chi connectivity index (χ0n) is 13.8. The summed E-state index contributed by atoms with van der Waals surface area (Å²) < 4.78 is 0. The van der Waals surface area contributed by atoms with Gasteiger partial charge >= 0.3 is 5.97 Å². The lowest BCUT2D eigenvalue weighted by Crippen LogP contribution is -2.52. The minimum absolute atomic E-state index is 0.0648. The number of carbonyl (C=O) groups is 3. The predicted octanol–water partition coefficient (Wildman–Crippen LogP) is 1.79. The topological polar surface area (TPSA) is 86.7 Å². The normalized spacial score (nSPS) is 13.0. The van der Waals surface area contributed by atoms with Crippen LogP contribution in [0.2, 0.25) is 0 Å². The van der Waals surface area contributed by atoms with Gasteiger partial charge in [0.05, 0.1) is 0 Å². The Morgan fingerprint density at radius 3 is 2.30 bits per heavy atom. The van der Waals surface area contributed by atoms with Crippen LogP contribution in [0.25, 0.3) is 0 Å². The van der Waals surface area contributed by atoms with Crippen molar-refractivity contribution in [3.63, 3.8) is 0 Å². The lowest BCUT2D eigenvalue weighted by atomic mass is 9.99. The summed E-state index contributed by atoms with van der Waals surface area (Å²) in [6.45, 7) is 5.29. The highest BCUT2D eigenvalue weighted by Crippen LogP contribution is 2.10. The SMILES string of the molecule is CCC(C)(NC(=O)CCN(Cc1ccccc1)C(C)=O)C(=O)O. The van der Waals surface area contributed by atoms with Gasteiger partial charge in [-0.2, -0.15) is 0 Å². The molecule has 0 aromatic heterocycles. The Kier molecular flexibility index (Phi) is 6.75. The average Bonchev–Trinajstić information content (AvgIpc) is 2.51. The van der Waals surface area contributed by atoms with Gasteiger partial charge in [-0.1, -0.05) is 37.3 Å². The molecule has 6 heteroatoms. The van der Waals surface area contributed by atoms with E-state index >= 15 is 0 Å². The number of carboxylic acids is 1. The van der Waals surface area contributed by atoms with E-state index in [9.17, 15) is 14.4 Å². The van der Waals surface area contributed by atoms with Crippen LogP contribution in [0.15, 0.2) is 30.3 Å². The third-order valence-corrected chi connectivity index (χ3v) is 3.86. The number of carboxylic acid groups (broad SMARTS) is 1. The van der Waals surface area contributed by atoms with Gasteiger partial charge < -0.3 is 15.3 Å². The van der Waals surface area contributed by atoms with Gasteiger partial charge in [0.1, 0.15) is 5.54 Å². The molecule has 0 aliphatic carbocycles. The van der Waals surface area contributed by atoms with Crippen LogP contribution in [-0.4, -0.2) is 39.9 Å². The van der Waals surface area contributed by atoms with Crippen LogP contribution in [0.1, 0.15) is 39.2 Å².